The summed E-state index contributed by atoms with van der Waals surface area (Å²) in [7, 11) is 0. The van der Waals surface area contributed by atoms with Gasteiger partial charge in [0.05, 0.1) is 19.3 Å². The minimum Gasteiger partial charge on any atom is -0.378 e. The van der Waals surface area contributed by atoms with Gasteiger partial charge in [0.25, 0.3) is 0 Å². The molecule has 1 aromatic carbocycles. The van der Waals surface area contributed by atoms with Gasteiger partial charge >= 0.3 is 0 Å². The zero-order chi connectivity index (χ0) is 20.3. The molecule has 0 bridgehead atoms. The number of ether oxygens (including phenoxy) is 3. The summed E-state index contributed by atoms with van der Waals surface area (Å²) < 4.78 is 47.4. The third-order valence-corrected chi connectivity index (χ3v) is 7.11. The highest BCUT2D eigenvalue weighted by molar-refractivity contribution is 5.32. The van der Waals surface area contributed by atoms with E-state index in [-0.39, 0.29) is 17.9 Å². The molecular weight excluding hydrogens is 374 g/mol. The summed E-state index contributed by atoms with van der Waals surface area (Å²) in [6.07, 6.45) is 9.15. The van der Waals surface area contributed by atoms with Gasteiger partial charge in [-0.05, 0) is 67.9 Å². The minimum absolute atomic E-state index is 0.0414. The van der Waals surface area contributed by atoms with Crippen LogP contribution in [0.15, 0.2) is 12.1 Å². The Balaban J connectivity index is 1.37. The molecule has 0 atom stereocenters. The van der Waals surface area contributed by atoms with E-state index in [2.05, 4.69) is 6.92 Å². The molecule has 29 heavy (non-hydrogen) atoms. The molecule has 0 unspecified atom stereocenters. The average Bonchev–Trinajstić information content (AvgIpc) is 3.20. The average molecular weight is 409 g/mol. The highest BCUT2D eigenvalue weighted by atomic mass is 19.2. The summed E-state index contributed by atoms with van der Waals surface area (Å²) in [6.45, 7) is 4.23. The van der Waals surface area contributed by atoms with Gasteiger partial charge in [-0.3, -0.25) is 0 Å². The van der Waals surface area contributed by atoms with Crippen LogP contribution in [-0.4, -0.2) is 31.7 Å². The first-order valence-electron chi connectivity index (χ1n) is 11.5. The summed E-state index contributed by atoms with van der Waals surface area (Å²) in [5.74, 6) is -1.60. The molecule has 0 N–H and O–H groups in total. The van der Waals surface area contributed by atoms with Gasteiger partial charge in [-0.2, -0.15) is 0 Å². The van der Waals surface area contributed by atoms with Gasteiger partial charge < -0.3 is 14.2 Å². The van der Waals surface area contributed by atoms with Gasteiger partial charge in [0.15, 0.2) is 17.4 Å². The Kier molecular flexibility index (Phi) is 6.87. The Morgan fingerprint density at radius 1 is 0.897 bits per heavy atom. The molecule has 0 aromatic heterocycles. The van der Waals surface area contributed by atoms with Gasteiger partial charge in [0.1, 0.15) is 0 Å². The number of benzene rings is 1. The van der Waals surface area contributed by atoms with Crippen LogP contribution in [0.1, 0.15) is 94.1 Å². The zero-order valence-corrected chi connectivity index (χ0v) is 17.6. The number of halogens is 2. The quantitative estimate of drug-likeness (QED) is 0.524. The van der Waals surface area contributed by atoms with Crippen LogP contribution in [0, 0.1) is 11.6 Å². The summed E-state index contributed by atoms with van der Waals surface area (Å²) in [5.41, 5.74) is 1.07. The lowest BCUT2D eigenvalue weighted by atomic mass is 9.78. The number of rotatable bonds is 6. The van der Waals surface area contributed by atoms with Gasteiger partial charge in [-0.25, -0.2) is 8.78 Å². The van der Waals surface area contributed by atoms with Crippen molar-refractivity contribution in [3.8, 4) is 0 Å². The maximum absolute atomic E-state index is 15.0. The van der Waals surface area contributed by atoms with Crippen molar-refractivity contribution < 1.29 is 23.0 Å². The molecule has 2 saturated carbocycles. The lowest BCUT2D eigenvalue weighted by Crippen LogP contribution is -2.34. The fraction of sp³-hybridized carbons (Fsp3) is 0.750. The normalized spacial score (nSPS) is 27.6. The molecule has 3 nitrogen and oxygen atoms in total. The second-order valence-electron chi connectivity index (χ2n) is 8.95. The zero-order valence-electron chi connectivity index (χ0n) is 17.6. The third-order valence-electron chi connectivity index (χ3n) is 7.11. The van der Waals surface area contributed by atoms with E-state index >= 15 is 0 Å². The number of hydrogen-bond acceptors (Lipinski definition) is 3. The van der Waals surface area contributed by atoms with Crippen LogP contribution in [0.5, 0.6) is 0 Å². The monoisotopic (exact) mass is 408 g/mol. The second kappa shape index (κ2) is 9.40. The van der Waals surface area contributed by atoms with Crippen LogP contribution >= 0.6 is 0 Å². The topological polar surface area (TPSA) is 27.7 Å². The van der Waals surface area contributed by atoms with E-state index in [1.54, 1.807) is 0 Å². The van der Waals surface area contributed by atoms with Gasteiger partial charge in [0.2, 0.25) is 0 Å². The Morgan fingerprint density at radius 3 is 2.00 bits per heavy atom. The predicted octanol–water partition coefficient (Wildman–Crippen LogP) is 6.21. The summed E-state index contributed by atoms with van der Waals surface area (Å²) in [4.78, 5) is 0. The van der Waals surface area contributed by atoms with Crippen molar-refractivity contribution in [3.63, 3.8) is 0 Å². The Hall–Kier alpha value is -1.04. The van der Waals surface area contributed by atoms with E-state index in [1.165, 1.54) is 0 Å². The molecule has 0 amide bonds. The Morgan fingerprint density at radius 2 is 1.45 bits per heavy atom. The van der Waals surface area contributed by atoms with Crippen molar-refractivity contribution in [2.45, 2.75) is 94.9 Å². The largest absolute Gasteiger partial charge is 0.378 e. The molecule has 3 aliphatic rings. The van der Waals surface area contributed by atoms with Crippen molar-refractivity contribution >= 4 is 0 Å². The van der Waals surface area contributed by atoms with Crippen LogP contribution in [0.2, 0.25) is 0 Å². The lowest BCUT2D eigenvalue weighted by molar-refractivity contribution is -0.178. The molecule has 1 aliphatic heterocycles. The third kappa shape index (κ3) is 4.67. The van der Waals surface area contributed by atoms with E-state index in [9.17, 15) is 8.78 Å². The molecule has 5 heteroatoms. The van der Waals surface area contributed by atoms with Crippen LogP contribution in [0.25, 0.3) is 0 Å². The molecule has 2 aliphatic carbocycles. The second-order valence-corrected chi connectivity index (χ2v) is 8.95. The van der Waals surface area contributed by atoms with Gasteiger partial charge in [-0.15, -0.1) is 0 Å². The van der Waals surface area contributed by atoms with Crippen molar-refractivity contribution in [3.05, 3.63) is 34.9 Å². The number of unbranched alkanes of at least 4 members (excludes halogenated alkanes) is 1. The molecule has 162 valence electrons. The van der Waals surface area contributed by atoms with Crippen molar-refractivity contribution in [1.29, 1.82) is 0 Å². The van der Waals surface area contributed by atoms with Crippen LogP contribution in [0.3, 0.4) is 0 Å². The number of hydrogen-bond donors (Lipinski definition) is 0. The molecule has 1 aromatic rings. The first-order valence-corrected chi connectivity index (χ1v) is 11.5. The fourth-order valence-electron chi connectivity index (χ4n) is 5.30. The van der Waals surface area contributed by atoms with E-state index in [4.69, 9.17) is 14.2 Å². The lowest BCUT2D eigenvalue weighted by Gasteiger charge is -2.36. The highest BCUT2D eigenvalue weighted by Gasteiger charge is 2.41. The molecule has 0 radical (unpaired) electrons. The standard InChI is InChI=1S/C24H34F2O3/c1-2-3-14-27-19-6-4-17(5-7-19)20-8-9-21(23(26)22(20)25)18-10-12-24(13-11-18)28-15-16-29-24/h8-9,17-19H,2-7,10-16H2,1H3. The summed E-state index contributed by atoms with van der Waals surface area (Å²) in [6, 6.07) is 3.67. The molecule has 4 rings (SSSR count). The summed E-state index contributed by atoms with van der Waals surface area (Å²) in [5, 5.41) is 0. The van der Waals surface area contributed by atoms with Gasteiger partial charge in [0, 0.05) is 19.4 Å². The Bertz CT molecular complexity index is 669. The van der Waals surface area contributed by atoms with Crippen molar-refractivity contribution in [2.24, 2.45) is 0 Å². The maximum atomic E-state index is 15.0. The molecule has 1 saturated heterocycles. The Labute approximate surface area is 173 Å². The van der Waals surface area contributed by atoms with E-state index in [0.717, 1.165) is 70.8 Å². The van der Waals surface area contributed by atoms with Crippen molar-refractivity contribution in [1.82, 2.24) is 0 Å². The maximum Gasteiger partial charge on any atom is 0.168 e. The van der Waals surface area contributed by atoms with Gasteiger partial charge in [-0.1, -0.05) is 25.5 Å². The molecule has 1 heterocycles. The van der Waals surface area contributed by atoms with Crippen LogP contribution < -0.4 is 0 Å². The first kappa shape index (κ1) is 21.2. The first-order chi connectivity index (χ1) is 14.1. The highest BCUT2D eigenvalue weighted by Crippen LogP contribution is 2.44. The SMILES string of the molecule is CCCCOC1CCC(c2ccc(C3CCC4(CC3)OCCO4)c(F)c2F)CC1. The smallest absolute Gasteiger partial charge is 0.168 e. The fourth-order valence-corrected chi connectivity index (χ4v) is 5.30. The van der Waals surface area contributed by atoms with E-state index in [0.29, 0.717) is 24.3 Å². The predicted molar refractivity (Wildman–Crippen MR) is 108 cm³/mol. The van der Waals surface area contributed by atoms with E-state index in [1.807, 2.05) is 12.1 Å². The molecule has 1 spiro atoms. The van der Waals surface area contributed by atoms with Crippen LogP contribution in [-0.2, 0) is 14.2 Å². The van der Waals surface area contributed by atoms with Crippen LogP contribution in [0.4, 0.5) is 8.78 Å². The van der Waals surface area contributed by atoms with Crippen molar-refractivity contribution in [2.75, 3.05) is 19.8 Å². The van der Waals surface area contributed by atoms with E-state index < -0.39 is 17.4 Å². The molecule has 3 fully saturated rings. The minimum atomic E-state index is -0.641. The summed E-state index contributed by atoms with van der Waals surface area (Å²) >= 11 is 0. The molecular formula is C24H34F2O3.